The van der Waals surface area contributed by atoms with Gasteiger partial charge in [0.25, 0.3) is 0 Å². The molecule has 0 saturated carbocycles. The SMILES string of the molecule is CC(C)CC1(C)C=CC=C(CO)C=C1. The van der Waals surface area contributed by atoms with Crippen molar-refractivity contribution in [2.45, 2.75) is 27.2 Å². The van der Waals surface area contributed by atoms with Crippen molar-refractivity contribution < 1.29 is 5.11 Å². The Bertz CT molecular complexity index is 271. The monoisotopic (exact) mass is 192 g/mol. The minimum absolute atomic E-state index is 0.124. The number of aliphatic hydroxyl groups excluding tert-OH is 1. The fourth-order valence-corrected chi connectivity index (χ4v) is 1.92. The van der Waals surface area contributed by atoms with Gasteiger partial charge in [0.2, 0.25) is 0 Å². The van der Waals surface area contributed by atoms with Gasteiger partial charge >= 0.3 is 0 Å². The minimum Gasteiger partial charge on any atom is -0.392 e. The molecule has 0 saturated heterocycles. The lowest BCUT2D eigenvalue weighted by Crippen LogP contribution is -2.12. The highest BCUT2D eigenvalue weighted by Crippen LogP contribution is 2.31. The molecule has 0 amide bonds. The quantitative estimate of drug-likeness (QED) is 0.728. The predicted octanol–water partition coefficient (Wildman–Crippen LogP) is 3.08. The van der Waals surface area contributed by atoms with Gasteiger partial charge in [0.15, 0.2) is 0 Å². The highest BCUT2D eigenvalue weighted by molar-refractivity contribution is 5.31. The van der Waals surface area contributed by atoms with E-state index in [1.807, 2.05) is 18.2 Å². The maximum atomic E-state index is 9.01. The summed E-state index contributed by atoms with van der Waals surface area (Å²) in [6.07, 6.45) is 11.6. The molecule has 0 aromatic rings. The fraction of sp³-hybridized carbons (Fsp3) is 0.538. The fourth-order valence-electron chi connectivity index (χ4n) is 1.92. The third-order valence-corrected chi connectivity index (χ3v) is 2.50. The van der Waals surface area contributed by atoms with Crippen LogP contribution in [0.15, 0.2) is 36.0 Å². The Morgan fingerprint density at radius 3 is 2.64 bits per heavy atom. The summed E-state index contributed by atoms with van der Waals surface area (Å²) in [4.78, 5) is 0. The van der Waals surface area contributed by atoms with Gasteiger partial charge in [-0.25, -0.2) is 0 Å². The van der Waals surface area contributed by atoms with E-state index in [0.717, 1.165) is 12.0 Å². The van der Waals surface area contributed by atoms with Gasteiger partial charge < -0.3 is 5.11 Å². The van der Waals surface area contributed by atoms with Gasteiger partial charge in [-0.15, -0.1) is 0 Å². The molecular weight excluding hydrogens is 172 g/mol. The van der Waals surface area contributed by atoms with Crippen LogP contribution in [0, 0.1) is 11.3 Å². The molecule has 1 N–H and O–H groups in total. The maximum absolute atomic E-state index is 9.01. The third kappa shape index (κ3) is 3.15. The molecule has 1 nitrogen and oxygen atoms in total. The molecular formula is C13H20O. The van der Waals surface area contributed by atoms with E-state index in [4.69, 9.17) is 5.11 Å². The zero-order valence-electron chi connectivity index (χ0n) is 9.33. The van der Waals surface area contributed by atoms with E-state index in [1.165, 1.54) is 0 Å². The van der Waals surface area contributed by atoms with E-state index in [9.17, 15) is 0 Å². The average Bonchev–Trinajstić information content (AvgIpc) is 2.26. The second-order valence-corrected chi connectivity index (χ2v) is 4.70. The van der Waals surface area contributed by atoms with Crippen LogP contribution in [0.3, 0.4) is 0 Å². The van der Waals surface area contributed by atoms with E-state index in [1.54, 1.807) is 0 Å². The molecule has 0 radical (unpaired) electrons. The Balaban J connectivity index is 2.77. The summed E-state index contributed by atoms with van der Waals surface area (Å²) in [6, 6.07) is 0. The molecule has 78 valence electrons. The van der Waals surface area contributed by atoms with E-state index in [-0.39, 0.29) is 12.0 Å². The van der Waals surface area contributed by atoms with Gasteiger partial charge in [0.1, 0.15) is 0 Å². The normalized spacial score (nSPS) is 26.5. The van der Waals surface area contributed by atoms with Crippen LogP contribution >= 0.6 is 0 Å². The van der Waals surface area contributed by atoms with Gasteiger partial charge in [-0.1, -0.05) is 51.2 Å². The summed E-state index contributed by atoms with van der Waals surface area (Å²) in [5, 5.41) is 9.01. The Morgan fingerprint density at radius 2 is 2.07 bits per heavy atom. The summed E-state index contributed by atoms with van der Waals surface area (Å²) in [5.41, 5.74) is 1.12. The first kappa shape index (κ1) is 11.3. The smallest absolute Gasteiger partial charge is 0.0681 e. The van der Waals surface area contributed by atoms with Crippen LogP contribution in [-0.4, -0.2) is 11.7 Å². The van der Waals surface area contributed by atoms with Crippen LogP contribution in [-0.2, 0) is 0 Å². The number of hydrogen-bond acceptors (Lipinski definition) is 1. The van der Waals surface area contributed by atoms with Crippen LogP contribution in [0.1, 0.15) is 27.2 Å². The van der Waals surface area contributed by atoms with Crippen LogP contribution in [0.25, 0.3) is 0 Å². The largest absolute Gasteiger partial charge is 0.392 e. The Hall–Kier alpha value is -0.820. The molecule has 0 aromatic carbocycles. The molecule has 1 aliphatic rings. The molecule has 0 bridgehead atoms. The zero-order valence-corrected chi connectivity index (χ0v) is 9.33. The Kier molecular flexibility index (Phi) is 3.70. The molecule has 1 heteroatoms. The molecule has 0 aliphatic heterocycles. The van der Waals surface area contributed by atoms with Crippen molar-refractivity contribution in [2.75, 3.05) is 6.61 Å². The second kappa shape index (κ2) is 4.61. The van der Waals surface area contributed by atoms with Crippen molar-refractivity contribution in [3.63, 3.8) is 0 Å². The summed E-state index contributed by atoms with van der Waals surface area (Å²) in [7, 11) is 0. The highest BCUT2D eigenvalue weighted by Gasteiger charge is 2.19. The third-order valence-electron chi connectivity index (χ3n) is 2.50. The van der Waals surface area contributed by atoms with Crippen molar-refractivity contribution >= 4 is 0 Å². The number of allylic oxidation sites excluding steroid dienone is 4. The molecule has 0 spiro atoms. The van der Waals surface area contributed by atoms with Crippen molar-refractivity contribution in [1.82, 2.24) is 0 Å². The van der Waals surface area contributed by atoms with Crippen LogP contribution in [0.5, 0.6) is 0 Å². The summed E-state index contributed by atoms with van der Waals surface area (Å²) in [5.74, 6) is 0.685. The maximum Gasteiger partial charge on any atom is 0.0681 e. The Morgan fingerprint density at radius 1 is 1.36 bits per heavy atom. The summed E-state index contributed by atoms with van der Waals surface area (Å²) in [6.45, 7) is 6.82. The molecule has 0 aromatic heterocycles. The van der Waals surface area contributed by atoms with E-state index in [2.05, 4.69) is 32.9 Å². The summed E-state index contributed by atoms with van der Waals surface area (Å²) < 4.78 is 0. The first-order valence-corrected chi connectivity index (χ1v) is 5.24. The molecule has 1 atom stereocenters. The number of aliphatic hydroxyl groups is 1. The van der Waals surface area contributed by atoms with Gasteiger partial charge in [0, 0.05) is 5.41 Å². The van der Waals surface area contributed by atoms with E-state index in [0.29, 0.717) is 5.92 Å². The molecule has 1 unspecified atom stereocenters. The number of rotatable bonds is 3. The lowest BCUT2D eigenvalue weighted by molar-refractivity contribution is 0.334. The molecule has 1 rings (SSSR count). The van der Waals surface area contributed by atoms with Crippen molar-refractivity contribution in [1.29, 1.82) is 0 Å². The minimum atomic E-state index is 0.124. The van der Waals surface area contributed by atoms with Crippen molar-refractivity contribution in [3.05, 3.63) is 36.0 Å². The first-order chi connectivity index (χ1) is 6.56. The van der Waals surface area contributed by atoms with E-state index >= 15 is 0 Å². The van der Waals surface area contributed by atoms with Gasteiger partial charge in [-0.2, -0.15) is 0 Å². The molecule has 0 fully saturated rings. The Labute approximate surface area is 86.8 Å². The highest BCUT2D eigenvalue weighted by atomic mass is 16.3. The van der Waals surface area contributed by atoms with Crippen LogP contribution < -0.4 is 0 Å². The van der Waals surface area contributed by atoms with Gasteiger partial charge in [-0.3, -0.25) is 0 Å². The second-order valence-electron chi connectivity index (χ2n) is 4.70. The van der Waals surface area contributed by atoms with E-state index < -0.39 is 0 Å². The predicted molar refractivity (Wildman–Crippen MR) is 61.0 cm³/mol. The van der Waals surface area contributed by atoms with Gasteiger partial charge in [0.05, 0.1) is 6.61 Å². The molecule has 1 aliphatic carbocycles. The lowest BCUT2D eigenvalue weighted by atomic mass is 9.81. The van der Waals surface area contributed by atoms with Crippen molar-refractivity contribution in [3.8, 4) is 0 Å². The zero-order chi connectivity index (χ0) is 10.6. The molecule has 0 heterocycles. The first-order valence-electron chi connectivity index (χ1n) is 5.24. The topological polar surface area (TPSA) is 20.2 Å². The van der Waals surface area contributed by atoms with Crippen LogP contribution in [0.2, 0.25) is 0 Å². The summed E-state index contributed by atoms with van der Waals surface area (Å²) >= 11 is 0. The number of hydrogen-bond donors (Lipinski definition) is 1. The average molecular weight is 192 g/mol. The van der Waals surface area contributed by atoms with Gasteiger partial charge in [-0.05, 0) is 17.9 Å². The van der Waals surface area contributed by atoms with Crippen LogP contribution in [0.4, 0.5) is 0 Å². The standard InChI is InChI=1S/C13H20O/c1-11(2)9-13(3)7-4-5-12(10-14)6-8-13/h4-8,11,14H,9-10H2,1-3H3. The lowest BCUT2D eigenvalue weighted by Gasteiger charge is -2.23. The van der Waals surface area contributed by atoms with Crippen molar-refractivity contribution in [2.24, 2.45) is 11.3 Å². The molecule has 14 heavy (non-hydrogen) atoms.